The molecule has 2 aromatic rings. The summed E-state index contributed by atoms with van der Waals surface area (Å²) in [5.41, 5.74) is 8.35. The second-order valence-electron chi connectivity index (χ2n) is 4.78. The van der Waals surface area contributed by atoms with Gasteiger partial charge < -0.3 is 10.3 Å². The lowest BCUT2D eigenvalue weighted by Crippen LogP contribution is -2.34. The first-order valence-corrected chi connectivity index (χ1v) is 6.06. The van der Waals surface area contributed by atoms with Gasteiger partial charge in [0.15, 0.2) is 0 Å². The maximum Gasteiger partial charge on any atom is 0.0481 e. The van der Waals surface area contributed by atoms with E-state index in [1.807, 2.05) is 0 Å². The van der Waals surface area contributed by atoms with Gasteiger partial charge in [0.25, 0.3) is 0 Å². The van der Waals surface area contributed by atoms with Crippen LogP contribution in [0.15, 0.2) is 30.5 Å². The van der Waals surface area contributed by atoms with E-state index in [2.05, 4.69) is 60.9 Å². The zero-order valence-corrected chi connectivity index (χ0v) is 10.9. The summed E-state index contributed by atoms with van der Waals surface area (Å²) in [5, 5.41) is 1.34. The summed E-state index contributed by atoms with van der Waals surface area (Å²) < 4.78 is 2.19. The number of aryl methyl sites for hydroxylation is 1. The maximum atomic E-state index is 5.70. The van der Waals surface area contributed by atoms with Crippen molar-refractivity contribution in [2.75, 3.05) is 13.6 Å². The fraction of sp³-hybridized carbons (Fsp3) is 0.429. The first kappa shape index (κ1) is 12.1. The maximum absolute atomic E-state index is 5.70. The number of nitrogens with zero attached hydrogens (tertiary/aromatic N) is 2. The molecule has 0 bridgehead atoms. The van der Waals surface area contributed by atoms with Gasteiger partial charge in [0.1, 0.15) is 0 Å². The van der Waals surface area contributed by atoms with Gasteiger partial charge in [-0.3, -0.25) is 4.90 Å². The molecule has 3 heteroatoms. The lowest BCUT2D eigenvalue weighted by atomic mass is 10.1. The van der Waals surface area contributed by atoms with E-state index in [0.29, 0.717) is 12.6 Å². The first-order valence-electron chi connectivity index (χ1n) is 6.06. The molecule has 92 valence electrons. The van der Waals surface area contributed by atoms with Gasteiger partial charge in [0.2, 0.25) is 0 Å². The van der Waals surface area contributed by atoms with Crippen molar-refractivity contribution >= 4 is 10.9 Å². The Morgan fingerprint density at radius 2 is 2.06 bits per heavy atom. The van der Waals surface area contributed by atoms with Gasteiger partial charge in [0, 0.05) is 43.3 Å². The molecule has 1 atom stereocenters. The van der Waals surface area contributed by atoms with Crippen LogP contribution in [0.25, 0.3) is 10.9 Å². The predicted octanol–water partition coefficient (Wildman–Crippen LogP) is 1.96. The summed E-state index contributed by atoms with van der Waals surface area (Å²) in [7, 11) is 4.22. The average molecular weight is 231 g/mol. The Morgan fingerprint density at radius 1 is 1.35 bits per heavy atom. The summed E-state index contributed by atoms with van der Waals surface area (Å²) in [5.74, 6) is 0. The summed E-state index contributed by atoms with van der Waals surface area (Å²) in [4.78, 5) is 2.29. The van der Waals surface area contributed by atoms with Crippen molar-refractivity contribution in [2.24, 2.45) is 12.8 Å². The van der Waals surface area contributed by atoms with Crippen LogP contribution in [-0.2, 0) is 13.6 Å². The number of aromatic nitrogens is 1. The topological polar surface area (TPSA) is 34.2 Å². The van der Waals surface area contributed by atoms with E-state index in [1.165, 1.54) is 16.5 Å². The first-order chi connectivity index (χ1) is 8.13. The van der Waals surface area contributed by atoms with E-state index in [-0.39, 0.29) is 0 Å². The Hall–Kier alpha value is -1.32. The van der Waals surface area contributed by atoms with Crippen LogP contribution in [-0.4, -0.2) is 29.1 Å². The molecule has 1 aromatic heterocycles. The number of likely N-dealkylation sites (N-methyl/N-ethyl adjacent to an activating group) is 1. The summed E-state index contributed by atoms with van der Waals surface area (Å²) in [6, 6.07) is 8.93. The molecule has 3 nitrogen and oxygen atoms in total. The van der Waals surface area contributed by atoms with Gasteiger partial charge in [-0.05, 0) is 25.6 Å². The molecular formula is C14H21N3. The molecule has 0 radical (unpaired) electrons. The summed E-state index contributed by atoms with van der Waals surface area (Å²) in [6.45, 7) is 3.80. The Balaban J connectivity index is 2.30. The lowest BCUT2D eigenvalue weighted by Gasteiger charge is -2.22. The Morgan fingerprint density at radius 3 is 2.76 bits per heavy atom. The van der Waals surface area contributed by atoms with E-state index in [9.17, 15) is 0 Å². The highest BCUT2D eigenvalue weighted by Crippen LogP contribution is 2.21. The van der Waals surface area contributed by atoms with E-state index in [4.69, 9.17) is 5.73 Å². The van der Waals surface area contributed by atoms with Crippen LogP contribution in [0.1, 0.15) is 12.5 Å². The Labute approximate surface area is 103 Å². The van der Waals surface area contributed by atoms with Crippen LogP contribution < -0.4 is 5.73 Å². The molecule has 2 N–H and O–H groups in total. The predicted molar refractivity (Wildman–Crippen MR) is 72.9 cm³/mol. The van der Waals surface area contributed by atoms with Crippen molar-refractivity contribution in [3.05, 3.63) is 36.0 Å². The number of hydrogen-bond donors (Lipinski definition) is 1. The van der Waals surface area contributed by atoms with Crippen LogP contribution in [0.5, 0.6) is 0 Å². The number of nitrogens with two attached hydrogens (primary N) is 1. The van der Waals surface area contributed by atoms with Gasteiger partial charge in [-0.2, -0.15) is 0 Å². The SMILES string of the molecule is CC(CN)N(C)Cc1cn(C)c2ccccc12. The van der Waals surface area contributed by atoms with Crippen molar-refractivity contribution in [1.29, 1.82) is 0 Å². The minimum Gasteiger partial charge on any atom is -0.350 e. The number of benzene rings is 1. The normalized spacial score (nSPS) is 13.5. The molecule has 1 aromatic carbocycles. The van der Waals surface area contributed by atoms with Crippen LogP contribution in [0.2, 0.25) is 0 Å². The van der Waals surface area contributed by atoms with Crippen molar-refractivity contribution < 1.29 is 0 Å². The van der Waals surface area contributed by atoms with Crippen molar-refractivity contribution in [2.45, 2.75) is 19.5 Å². The van der Waals surface area contributed by atoms with Crippen LogP contribution in [0.3, 0.4) is 0 Å². The molecule has 0 spiro atoms. The Bertz CT molecular complexity index is 501. The number of fused-ring (bicyclic) bond motifs is 1. The second-order valence-corrected chi connectivity index (χ2v) is 4.78. The van der Waals surface area contributed by atoms with Gasteiger partial charge in [-0.25, -0.2) is 0 Å². The monoisotopic (exact) mass is 231 g/mol. The molecule has 0 saturated heterocycles. The summed E-state index contributed by atoms with van der Waals surface area (Å²) in [6.07, 6.45) is 2.21. The average Bonchev–Trinajstić information content (AvgIpc) is 2.66. The van der Waals surface area contributed by atoms with E-state index in [1.54, 1.807) is 0 Å². The second kappa shape index (κ2) is 4.90. The van der Waals surface area contributed by atoms with Gasteiger partial charge in [-0.15, -0.1) is 0 Å². The third-order valence-electron chi connectivity index (χ3n) is 3.49. The molecule has 0 amide bonds. The van der Waals surface area contributed by atoms with Crippen LogP contribution >= 0.6 is 0 Å². The van der Waals surface area contributed by atoms with Crippen molar-refractivity contribution in [3.8, 4) is 0 Å². The van der Waals surface area contributed by atoms with Crippen molar-refractivity contribution in [3.63, 3.8) is 0 Å². The fourth-order valence-electron chi connectivity index (χ4n) is 2.16. The highest BCUT2D eigenvalue weighted by molar-refractivity contribution is 5.83. The number of hydrogen-bond acceptors (Lipinski definition) is 2. The molecule has 17 heavy (non-hydrogen) atoms. The minimum atomic E-state index is 0.411. The fourth-order valence-corrected chi connectivity index (χ4v) is 2.16. The van der Waals surface area contributed by atoms with E-state index in [0.717, 1.165) is 6.54 Å². The molecule has 0 aliphatic heterocycles. The highest BCUT2D eigenvalue weighted by Gasteiger charge is 2.11. The molecule has 2 rings (SSSR count). The lowest BCUT2D eigenvalue weighted by molar-refractivity contribution is 0.255. The Kier molecular flexibility index (Phi) is 3.50. The number of rotatable bonds is 4. The zero-order chi connectivity index (χ0) is 12.4. The quantitative estimate of drug-likeness (QED) is 0.873. The third kappa shape index (κ3) is 2.35. The smallest absolute Gasteiger partial charge is 0.0481 e. The van der Waals surface area contributed by atoms with Gasteiger partial charge in [0.05, 0.1) is 0 Å². The molecule has 0 saturated carbocycles. The molecule has 0 fully saturated rings. The molecule has 0 aliphatic carbocycles. The van der Waals surface area contributed by atoms with Gasteiger partial charge >= 0.3 is 0 Å². The zero-order valence-electron chi connectivity index (χ0n) is 10.9. The molecular weight excluding hydrogens is 210 g/mol. The molecule has 1 heterocycles. The molecule has 1 unspecified atom stereocenters. The standard InChI is InChI=1S/C14H21N3/c1-11(8-15)16(2)9-12-10-17(3)14-7-5-4-6-13(12)14/h4-7,10-11H,8-9,15H2,1-3H3. The summed E-state index contributed by atoms with van der Waals surface area (Å²) >= 11 is 0. The highest BCUT2D eigenvalue weighted by atomic mass is 15.1. The third-order valence-corrected chi connectivity index (χ3v) is 3.49. The largest absolute Gasteiger partial charge is 0.350 e. The van der Waals surface area contributed by atoms with Crippen molar-refractivity contribution in [1.82, 2.24) is 9.47 Å². The van der Waals surface area contributed by atoms with Crippen LogP contribution in [0.4, 0.5) is 0 Å². The van der Waals surface area contributed by atoms with E-state index >= 15 is 0 Å². The van der Waals surface area contributed by atoms with E-state index < -0.39 is 0 Å². The number of para-hydroxylation sites is 1. The van der Waals surface area contributed by atoms with Gasteiger partial charge in [-0.1, -0.05) is 18.2 Å². The molecule has 0 aliphatic rings. The minimum absolute atomic E-state index is 0.411. The van der Waals surface area contributed by atoms with Crippen LogP contribution in [0, 0.1) is 0 Å².